The molecule has 0 spiro atoms. The van der Waals surface area contributed by atoms with E-state index in [1.54, 1.807) is 6.92 Å². The number of nitrogens with two attached hydrogens (primary N) is 1. The normalized spacial score (nSPS) is 10.6. The van der Waals surface area contributed by atoms with Gasteiger partial charge < -0.3 is 15.8 Å². The maximum absolute atomic E-state index is 10.6. The van der Waals surface area contributed by atoms with E-state index >= 15 is 0 Å². The summed E-state index contributed by atoms with van der Waals surface area (Å²) in [6, 6.07) is 0. The Bertz CT molecular complexity index is 518. The average Bonchev–Trinajstić information content (AvgIpc) is 2.47. The third-order valence-corrected chi connectivity index (χ3v) is 1.69. The molecule has 14 heavy (non-hydrogen) atoms. The molecule has 0 unspecified atom stereocenters. The van der Waals surface area contributed by atoms with Crippen LogP contribution >= 0.6 is 0 Å². The van der Waals surface area contributed by atoms with Crippen LogP contribution in [0.5, 0.6) is 0 Å². The number of aromatic carboxylic acids is 1. The van der Waals surface area contributed by atoms with Crippen LogP contribution in [0.1, 0.15) is 16.4 Å². The van der Waals surface area contributed by atoms with E-state index < -0.39 is 5.97 Å². The summed E-state index contributed by atoms with van der Waals surface area (Å²) in [5, 5.41) is 8.66. The number of nitrogen functional groups attached to an aromatic ring is 1. The van der Waals surface area contributed by atoms with Crippen LogP contribution in [-0.4, -0.2) is 31.0 Å². The Kier molecular flexibility index (Phi) is 1.60. The number of carboxylic acid groups (broad SMARTS) is 1. The maximum atomic E-state index is 10.6. The number of aromatic nitrogens is 4. The first-order valence-electron chi connectivity index (χ1n) is 3.81. The van der Waals surface area contributed by atoms with Crippen LogP contribution in [0.4, 0.5) is 5.82 Å². The van der Waals surface area contributed by atoms with Crippen LogP contribution in [0.3, 0.4) is 0 Å². The molecule has 72 valence electrons. The smallest absolute Gasteiger partial charge is 0.371 e. The summed E-state index contributed by atoms with van der Waals surface area (Å²) in [7, 11) is 0. The molecule has 0 aliphatic carbocycles. The molecule has 0 saturated carbocycles. The van der Waals surface area contributed by atoms with Gasteiger partial charge >= 0.3 is 5.97 Å². The number of carboxylic acids is 1. The van der Waals surface area contributed by atoms with Crippen molar-refractivity contribution in [2.45, 2.75) is 6.92 Å². The van der Waals surface area contributed by atoms with Crippen LogP contribution in [0, 0.1) is 6.92 Å². The molecule has 0 bridgehead atoms. The van der Waals surface area contributed by atoms with Crippen molar-refractivity contribution in [3.63, 3.8) is 0 Å². The molecule has 0 amide bonds. The van der Waals surface area contributed by atoms with E-state index in [1.807, 2.05) is 0 Å². The van der Waals surface area contributed by atoms with Crippen molar-refractivity contribution in [3.8, 4) is 0 Å². The van der Waals surface area contributed by atoms with Crippen LogP contribution in [0.15, 0.2) is 0 Å². The zero-order valence-corrected chi connectivity index (χ0v) is 7.27. The van der Waals surface area contributed by atoms with Crippen molar-refractivity contribution >= 4 is 23.0 Å². The molecule has 2 aromatic heterocycles. The number of aryl methyl sites for hydroxylation is 1. The molecule has 0 radical (unpaired) electrons. The topological polar surface area (TPSA) is 118 Å². The number of carbonyl (C=O) groups is 1. The minimum absolute atomic E-state index is 0.188. The van der Waals surface area contributed by atoms with Crippen LogP contribution in [0.25, 0.3) is 11.2 Å². The van der Waals surface area contributed by atoms with Crippen molar-refractivity contribution in [2.75, 3.05) is 5.73 Å². The number of H-pyrrole nitrogens is 1. The quantitative estimate of drug-likeness (QED) is 0.584. The summed E-state index contributed by atoms with van der Waals surface area (Å²) < 4.78 is 0. The summed E-state index contributed by atoms with van der Waals surface area (Å²) in [5.41, 5.74) is 6.18. The molecule has 0 aliphatic heterocycles. The molecule has 2 heterocycles. The summed E-state index contributed by atoms with van der Waals surface area (Å²) in [6.07, 6.45) is 0. The zero-order chi connectivity index (χ0) is 10.3. The molecule has 4 N–H and O–H groups in total. The second kappa shape index (κ2) is 2.66. The van der Waals surface area contributed by atoms with Gasteiger partial charge in [-0.1, -0.05) is 0 Å². The summed E-state index contributed by atoms with van der Waals surface area (Å²) in [6.45, 7) is 1.66. The van der Waals surface area contributed by atoms with E-state index in [9.17, 15) is 4.79 Å². The number of nitrogens with one attached hydrogen (secondary N) is 1. The molecule has 0 aromatic carbocycles. The maximum Gasteiger partial charge on any atom is 0.371 e. The van der Waals surface area contributed by atoms with Crippen molar-refractivity contribution in [1.82, 2.24) is 19.9 Å². The van der Waals surface area contributed by atoms with Crippen molar-refractivity contribution in [3.05, 3.63) is 11.6 Å². The van der Waals surface area contributed by atoms with Gasteiger partial charge in [-0.05, 0) is 6.92 Å². The first-order chi connectivity index (χ1) is 6.58. The second-order valence-electron chi connectivity index (χ2n) is 2.75. The first-order valence-corrected chi connectivity index (χ1v) is 3.81. The highest BCUT2D eigenvalue weighted by Crippen LogP contribution is 2.14. The molecule has 7 nitrogen and oxygen atoms in total. The summed E-state index contributed by atoms with van der Waals surface area (Å²) in [4.78, 5) is 24.7. The molecular formula is C7H7N5O2. The molecule has 0 saturated heterocycles. The second-order valence-corrected chi connectivity index (χ2v) is 2.75. The number of nitrogens with zero attached hydrogens (tertiary/aromatic N) is 3. The van der Waals surface area contributed by atoms with Crippen molar-refractivity contribution in [1.29, 1.82) is 0 Å². The lowest BCUT2D eigenvalue weighted by Gasteiger charge is -1.94. The number of rotatable bonds is 1. The molecule has 0 fully saturated rings. The number of anilines is 1. The zero-order valence-electron chi connectivity index (χ0n) is 7.27. The Balaban J connectivity index is 2.76. The fourth-order valence-electron chi connectivity index (χ4n) is 1.13. The lowest BCUT2D eigenvalue weighted by molar-refractivity contribution is 0.0685. The van der Waals surface area contributed by atoms with Gasteiger partial charge in [0.2, 0.25) is 5.82 Å². The van der Waals surface area contributed by atoms with Gasteiger partial charge in [0.05, 0.1) is 0 Å². The molecule has 2 aromatic rings. The third kappa shape index (κ3) is 1.15. The number of aromatic amines is 1. The predicted octanol–water partition coefficient (Wildman–Crippen LogP) is -0.0583. The Morgan fingerprint density at radius 1 is 1.43 bits per heavy atom. The fraction of sp³-hybridized carbons (Fsp3) is 0.143. The van der Waals surface area contributed by atoms with Gasteiger partial charge in [-0.15, -0.1) is 0 Å². The van der Waals surface area contributed by atoms with Gasteiger partial charge in [0, 0.05) is 0 Å². The molecule has 7 heteroatoms. The average molecular weight is 193 g/mol. The molecule has 0 aliphatic rings. The van der Waals surface area contributed by atoms with E-state index in [1.165, 1.54) is 0 Å². The number of hydrogen-bond donors (Lipinski definition) is 3. The Morgan fingerprint density at radius 2 is 2.14 bits per heavy atom. The Morgan fingerprint density at radius 3 is 2.79 bits per heavy atom. The highest BCUT2D eigenvalue weighted by atomic mass is 16.4. The highest BCUT2D eigenvalue weighted by Gasteiger charge is 2.13. The van der Waals surface area contributed by atoms with Crippen LogP contribution < -0.4 is 5.73 Å². The highest BCUT2D eigenvalue weighted by molar-refractivity contribution is 5.90. The minimum Gasteiger partial charge on any atom is -0.475 e. The lowest BCUT2D eigenvalue weighted by Crippen LogP contribution is -1.98. The Labute approximate surface area is 78.0 Å². The SMILES string of the molecule is Cc1nc(N)c2[nH]c(C(=O)O)nc2n1. The van der Waals surface area contributed by atoms with E-state index in [0.29, 0.717) is 11.3 Å². The monoisotopic (exact) mass is 193 g/mol. The van der Waals surface area contributed by atoms with Crippen molar-refractivity contribution in [2.24, 2.45) is 0 Å². The van der Waals surface area contributed by atoms with Gasteiger partial charge in [-0.25, -0.2) is 19.7 Å². The lowest BCUT2D eigenvalue weighted by atomic mass is 10.5. The van der Waals surface area contributed by atoms with E-state index in [4.69, 9.17) is 10.8 Å². The predicted molar refractivity (Wildman–Crippen MR) is 47.8 cm³/mol. The molecule has 0 atom stereocenters. The minimum atomic E-state index is -1.15. The van der Waals surface area contributed by atoms with E-state index in [-0.39, 0.29) is 17.3 Å². The summed E-state index contributed by atoms with van der Waals surface area (Å²) >= 11 is 0. The van der Waals surface area contributed by atoms with E-state index in [2.05, 4.69) is 19.9 Å². The van der Waals surface area contributed by atoms with Gasteiger partial charge in [-0.2, -0.15) is 0 Å². The Hall–Kier alpha value is -2.18. The fourth-order valence-corrected chi connectivity index (χ4v) is 1.13. The number of hydrogen-bond acceptors (Lipinski definition) is 5. The van der Waals surface area contributed by atoms with Crippen LogP contribution in [0.2, 0.25) is 0 Å². The first kappa shape index (κ1) is 8.42. The molecular weight excluding hydrogens is 186 g/mol. The summed E-state index contributed by atoms with van der Waals surface area (Å²) in [5.74, 6) is -0.683. The van der Waals surface area contributed by atoms with Gasteiger partial charge in [0.1, 0.15) is 11.3 Å². The van der Waals surface area contributed by atoms with Crippen LogP contribution in [-0.2, 0) is 0 Å². The van der Waals surface area contributed by atoms with Gasteiger partial charge in [0.25, 0.3) is 0 Å². The molecule has 2 rings (SSSR count). The number of imidazole rings is 1. The van der Waals surface area contributed by atoms with Gasteiger partial charge in [-0.3, -0.25) is 0 Å². The van der Waals surface area contributed by atoms with Gasteiger partial charge in [0.15, 0.2) is 11.5 Å². The van der Waals surface area contributed by atoms with E-state index in [0.717, 1.165) is 0 Å². The standard InChI is InChI=1S/C7H7N5O2/c1-2-9-4(8)3-5(10-2)12-6(11-3)7(13)14/h1H3,(H,13,14)(H3,8,9,10,11,12). The number of fused-ring (bicyclic) bond motifs is 1. The largest absolute Gasteiger partial charge is 0.475 e. The third-order valence-electron chi connectivity index (χ3n) is 1.69. The van der Waals surface area contributed by atoms with Crippen molar-refractivity contribution < 1.29 is 9.90 Å².